The highest BCUT2D eigenvalue weighted by atomic mass is 16.5. The number of carbonyl (C=O) groups is 1. The van der Waals surface area contributed by atoms with Gasteiger partial charge in [0.05, 0.1) is 18.6 Å². The molecule has 0 unspecified atom stereocenters. The first-order valence-electron chi connectivity index (χ1n) is 14.5. The fourth-order valence-corrected chi connectivity index (χ4v) is 4.30. The monoisotopic (exact) mass is 470 g/mol. The van der Waals surface area contributed by atoms with E-state index in [4.69, 9.17) is 4.74 Å². The van der Waals surface area contributed by atoms with Crippen LogP contribution in [0.3, 0.4) is 0 Å². The number of esters is 1. The zero-order chi connectivity index (χ0) is 24.5. The average Bonchev–Trinajstić information content (AvgIpc) is 2.84. The summed E-state index contributed by atoms with van der Waals surface area (Å²) in [5.41, 5.74) is -0.692. The van der Waals surface area contributed by atoms with E-state index in [1.807, 2.05) is 6.92 Å². The van der Waals surface area contributed by atoms with Crippen molar-refractivity contribution in [3.63, 3.8) is 0 Å². The minimum absolute atomic E-state index is 0.106. The molecule has 0 aromatic heterocycles. The molecule has 33 heavy (non-hydrogen) atoms. The SMILES string of the molecule is CCCCCCCCCCCCCCCCCCCCCCC(=O)OCC(CC)(CO)CO. The van der Waals surface area contributed by atoms with E-state index in [1.165, 1.54) is 116 Å². The standard InChI is InChI=1S/C29H58O4/c1-3-5-6-7-8-9-10-11-12-13-14-15-16-17-18-19-20-21-22-23-24-28(32)33-27-29(4-2,25-30)26-31/h30-31H,3-27H2,1-2H3. The van der Waals surface area contributed by atoms with Crippen molar-refractivity contribution >= 4 is 5.97 Å². The van der Waals surface area contributed by atoms with E-state index in [9.17, 15) is 15.0 Å². The molecule has 198 valence electrons. The summed E-state index contributed by atoms with van der Waals surface area (Å²) in [7, 11) is 0. The Hall–Kier alpha value is -0.610. The molecule has 0 aromatic rings. The summed E-state index contributed by atoms with van der Waals surface area (Å²) in [5, 5.41) is 18.8. The third kappa shape index (κ3) is 20.5. The van der Waals surface area contributed by atoms with Gasteiger partial charge < -0.3 is 14.9 Å². The van der Waals surface area contributed by atoms with Gasteiger partial charge in [-0.05, 0) is 12.8 Å². The van der Waals surface area contributed by atoms with E-state index in [1.54, 1.807) is 0 Å². The van der Waals surface area contributed by atoms with Gasteiger partial charge in [-0.2, -0.15) is 0 Å². The minimum Gasteiger partial charge on any atom is -0.465 e. The molecule has 0 aliphatic carbocycles. The maximum Gasteiger partial charge on any atom is 0.305 e. The molecule has 0 aliphatic heterocycles. The van der Waals surface area contributed by atoms with Crippen LogP contribution in [0.4, 0.5) is 0 Å². The van der Waals surface area contributed by atoms with Gasteiger partial charge in [-0.25, -0.2) is 0 Å². The fourth-order valence-electron chi connectivity index (χ4n) is 4.30. The van der Waals surface area contributed by atoms with Crippen LogP contribution in [0.5, 0.6) is 0 Å². The van der Waals surface area contributed by atoms with Crippen molar-refractivity contribution in [1.29, 1.82) is 0 Å². The number of hydrogen-bond acceptors (Lipinski definition) is 4. The quantitative estimate of drug-likeness (QED) is 0.0989. The summed E-state index contributed by atoms with van der Waals surface area (Å²) in [6, 6.07) is 0. The van der Waals surface area contributed by atoms with Crippen molar-refractivity contribution in [3.8, 4) is 0 Å². The lowest BCUT2D eigenvalue weighted by Gasteiger charge is -2.27. The van der Waals surface area contributed by atoms with Gasteiger partial charge >= 0.3 is 5.97 Å². The van der Waals surface area contributed by atoms with Crippen LogP contribution in [0.25, 0.3) is 0 Å². The Morgan fingerprint density at radius 1 is 0.576 bits per heavy atom. The molecular formula is C29H58O4. The summed E-state index contributed by atoms with van der Waals surface area (Å²) in [4.78, 5) is 11.8. The summed E-state index contributed by atoms with van der Waals surface area (Å²) in [5.74, 6) is -0.211. The van der Waals surface area contributed by atoms with Gasteiger partial charge in [0.25, 0.3) is 0 Å². The van der Waals surface area contributed by atoms with Crippen LogP contribution in [-0.4, -0.2) is 36.0 Å². The summed E-state index contributed by atoms with van der Waals surface area (Å²) >= 11 is 0. The predicted molar refractivity (Wildman–Crippen MR) is 140 cm³/mol. The summed E-state index contributed by atoms with van der Waals surface area (Å²) in [6.45, 7) is 3.96. The molecule has 0 radical (unpaired) electrons. The molecule has 4 nitrogen and oxygen atoms in total. The van der Waals surface area contributed by atoms with Crippen molar-refractivity contribution in [2.75, 3.05) is 19.8 Å². The van der Waals surface area contributed by atoms with Crippen molar-refractivity contribution < 1.29 is 19.7 Å². The maximum atomic E-state index is 11.8. The Morgan fingerprint density at radius 3 is 1.21 bits per heavy atom. The number of ether oxygens (including phenoxy) is 1. The number of hydrogen-bond donors (Lipinski definition) is 2. The lowest BCUT2D eigenvalue weighted by atomic mass is 9.88. The molecule has 4 heteroatoms. The fraction of sp³-hybridized carbons (Fsp3) is 0.966. The first-order chi connectivity index (χ1) is 16.1. The van der Waals surface area contributed by atoms with E-state index in [2.05, 4.69) is 6.92 Å². The first kappa shape index (κ1) is 32.4. The Kier molecular flexibility index (Phi) is 24.1. The highest BCUT2D eigenvalue weighted by molar-refractivity contribution is 5.69. The van der Waals surface area contributed by atoms with E-state index in [-0.39, 0.29) is 25.8 Å². The van der Waals surface area contributed by atoms with E-state index in [0.29, 0.717) is 12.8 Å². The molecule has 0 aliphatic rings. The largest absolute Gasteiger partial charge is 0.465 e. The molecule has 0 saturated heterocycles. The molecule has 0 aromatic carbocycles. The molecule has 0 rings (SSSR count). The second-order valence-electron chi connectivity index (χ2n) is 10.3. The topological polar surface area (TPSA) is 66.8 Å². The van der Waals surface area contributed by atoms with Gasteiger partial charge in [0.15, 0.2) is 0 Å². The maximum absolute atomic E-state index is 11.8. The Labute approximate surface area is 206 Å². The van der Waals surface area contributed by atoms with Crippen LogP contribution in [0.15, 0.2) is 0 Å². The number of aliphatic hydroxyl groups excluding tert-OH is 2. The zero-order valence-corrected chi connectivity index (χ0v) is 22.4. The molecule has 0 heterocycles. The Balaban J connectivity index is 3.27. The van der Waals surface area contributed by atoms with Crippen LogP contribution in [0.2, 0.25) is 0 Å². The lowest BCUT2D eigenvalue weighted by Crippen LogP contribution is -2.35. The molecule has 0 amide bonds. The third-order valence-corrected chi connectivity index (χ3v) is 7.19. The van der Waals surface area contributed by atoms with Gasteiger partial charge in [0, 0.05) is 6.42 Å². The third-order valence-electron chi connectivity index (χ3n) is 7.19. The highest BCUT2D eigenvalue weighted by Crippen LogP contribution is 2.21. The highest BCUT2D eigenvalue weighted by Gasteiger charge is 2.28. The Bertz CT molecular complexity index is 398. The van der Waals surface area contributed by atoms with Crippen LogP contribution in [0.1, 0.15) is 155 Å². The minimum atomic E-state index is -0.692. The molecule has 0 atom stereocenters. The van der Waals surface area contributed by atoms with Crippen molar-refractivity contribution in [2.24, 2.45) is 5.41 Å². The van der Waals surface area contributed by atoms with E-state index in [0.717, 1.165) is 12.8 Å². The van der Waals surface area contributed by atoms with Crippen LogP contribution >= 0.6 is 0 Å². The Morgan fingerprint density at radius 2 is 0.909 bits per heavy atom. The number of rotatable bonds is 26. The molecule has 0 fully saturated rings. The van der Waals surface area contributed by atoms with Crippen LogP contribution in [0, 0.1) is 5.41 Å². The lowest BCUT2D eigenvalue weighted by molar-refractivity contribution is -0.149. The molecule has 2 N–H and O–H groups in total. The van der Waals surface area contributed by atoms with Gasteiger partial charge in [-0.3, -0.25) is 4.79 Å². The average molecular weight is 471 g/mol. The first-order valence-corrected chi connectivity index (χ1v) is 14.5. The summed E-state index contributed by atoms with van der Waals surface area (Å²) < 4.78 is 5.26. The van der Waals surface area contributed by atoms with Crippen molar-refractivity contribution in [1.82, 2.24) is 0 Å². The van der Waals surface area contributed by atoms with E-state index >= 15 is 0 Å². The second-order valence-corrected chi connectivity index (χ2v) is 10.3. The van der Waals surface area contributed by atoms with Crippen LogP contribution in [-0.2, 0) is 9.53 Å². The molecule has 0 spiro atoms. The van der Waals surface area contributed by atoms with Gasteiger partial charge in [-0.15, -0.1) is 0 Å². The van der Waals surface area contributed by atoms with Gasteiger partial charge in [-0.1, -0.05) is 136 Å². The predicted octanol–water partition coefficient (Wildman–Crippen LogP) is 8.12. The second kappa shape index (κ2) is 24.5. The molecule has 0 bridgehead atoms. The van der Waals surface area contributed by atoms with Crippen molar-refractivity contribution in [2.45, 2.75) is 155 Å². The number of unbranched alkanes of at least 4 members (excludes halogenated alkanes) is 19. The van der Waals surface area contributed by atoms with Gasteiger partial charge in [0.2, 0.25) is 0 Å². The zero-order valence-electron chi connectivity index (χ0n) is 22.4. The number of aliphatic hydroxyl groups is 2. The molecule has 0 saturated carbocycles. The van der Waals surface area contributed by atoms with E-state index < -0.39 is 5.41 Å². The molecular weight excluding hydrogens is 412 g/mol. The normalized spacial score (nSPS) is 11.8. The summed E-state index contributed by atoms with van der Waals surface area (Å²) in [6.07, 6.45) is 28.0. The van der Waals surface area contributed by atoms with Crippen molar-refractivity contribution in [3.05, 3.63) is 0 Å². The number of carbonyl (C=O) groups excluding carboxylic acids is 1. The van der Waals surface area contributed by atoms with Crippen LogP contribution < -0.4 is 0 Å². The van der Waals surface area contributed by atoms with Gasteiger partial charge in [0.1, 0.15) is 6.61 Å². The smallest absolute Gasteiger partial charge is 0.305 e.